The van der Waals surface area contributed by atoms with Crippen molar-refractivity contribution in [2.24, 2.45) is 0 Å². The number of carbonyl (C=O) groups excluding carboxylic acids is 2. The maximum absolute atomic E-state index is 12.2. The van der Waals surface area contributed by atoms with Crippen LogP contribution in [0.2, 0.25) is 5.02 Å². The van der Waals surface area contributed by atoms with E-state index in [1.54, 1.807) is 13.0 Å². The summed E-state index contributed by atoms with van der Waals surface area (Å²) in [6.07, 6.45) is 0.529. The van der Waals surface area contributed by atoms with Crippen molar-refractivity contribution in [1.29, 1.82) is 0 Å². The topological polar surface area (TPSA) is 68.3 Å². The predicted molar refractivity (Wildman–Crippen MR) is 95.1 cm³/mol. The summed E-state index contributed by atoms with van der Waals surface area (Å²) in [5.74, 6) is -0.742. The summed E-state index contributed by atoms with van der Waals surface area (Å²) in [6.45, 7) is 3.46. The van der Waals surface area contributed by atoms with Gasteiger partial charge in [0.15, 0.2) is 0 Å². The molecule has 1 unspecified atom stereocenters. The summed E-state index contributed by atoms with van der Waals surface area (Å²) in [5.41, 5.74) is 0.437. The highest BCUT2D eigenvalue weighted by Crippen LogP contribution is 2.30. The predicted octanol–water partition coefficient (Wildman–Crippen LogP) is 3.46. The fraction of sp³-hybridized carbons (Fsp3) is 0.353. The molecule has 1 amide bonds. The Hall–Kier alpha value is -1.92. The van der Waals surface area contributed by atoms with Crippen LogP contribution in [-0.2, 0) is 20.7 Å². The molecule has 0 spiro atoms. The molecule has 2 rings (SSSR count). The number of aromatic nitrogens is 1. The van der Waals surface area contributed by atoms with Crippen LogP contribution in [0.25, 0.3) is 10.6 Å². The molecule has 0 radical (unpaired) electrons. The van der Waals surface area contributed by atoms with Crippen molar-refractivity contribution in [2.45, 2.75) is 32.2 Å². The number of thiazole rings is 1. The molecule has 5 nitrogen and oxygen atoms in total. The van der Waals surface area contributed by atoms with E-state index < -0.39 is 11.5 Å². The van der Waals surface area contributed by atoms with E-state index in [1.165, 1.54) is 18.4 Å². The van der Waals surface area contributed by atoms with Crippen LogP contribution in [0.3, 0.4) is 0 Å². The Bertz CT molecular complexity index is 747. The molecule has 1 N–H and O–H groups in total. The zero-order valence-electron chi connectivity index (χ0n) is 13.8. The summed E-state index contributed by atoms with van der Waals surface area (Å²) in [4.78, 5) is 28.5. The van der Waals surface area contributed by atoms with Crippen LogP contribution in [0.15, 0.2) is 29.6 Å². The zero-order valence-corrected chi connectivity index (χ0v) is 15.3. The maximum atomic E-state index is 12.2. The van der Waals surface area contributed by atoms with Gasteiger partial charge in [-0.2, -0.15) is 0 Å². The van der Waals surface area contributed by atoms with Gasteiger partial charge in [0.2, 0.25) is 5.91 Å². The highest BCUT2D eigenvalue weighted by molar-refractivity contribution is 7.13. The lowest BCUT2D eigenvalue weighted by molar-refractivity contribution is -0.150. The lowest BCUT2D eigenvalue weighted by atomic mass is 9.99. The third-order valence-corrected chi connectivity index (χ3v) is 5.01. The number of nitrogens with one attached hydrogen (secondary N) is 1. The molecule has 0 aliphatic heterocycles. The summed E-state index contributed by atoms with van der Waals surface area (Å²) < 4.78 is 4.75. The Labute approximate surface area is 150 Å². The van der Waals surface area contributed by atoms with Gasteiger partial charge in [0.25, 0.3) is 0 Å². The number of benzene rings is 1. The first kappa shape index (κ1) is 18.4. The number of ether oxygens (including phenoxy) is 1. The Morgan fingerprint density at radius 2 is 2.08 bits per heavy atom. The smallest absolute Gasteiger partial charge is 0.331 e. The first-order valence-corrected chi connectivity index (χ1v) is 8.74. The molecule has 24 heavy (non-hydrogen) atoms. The molecule has 2 aromatic rings. The monoisotopic (exact) mass is 366 g/mol. The Balaban J connectivity index is 2.08. The van der Waals surface area contributed by atoms with E-state index in [-0.39, 0.29) is 12.3 Å². The second-order valence-electron chi connectivity index (χ2n) is 5.53. The van der Waals surface area contributed by atoms with Crippen LogP contribution in [0.1, 0.15) is 26.0 Å². The van der Waals surface area contributed by atoms with Crippen molar-refractivity contribution in [3.63, 3.8) is 0 Å². The summed E-state index contributed by atoms with van der Waals surface area (Å²) in [5, 5.41) is 5.92. The minimum atomic E-state index is -1.03. The fourth-order valence-electron chi connectivity index (χ4n) is 2.17. The van der Waals surface area contributed by atoms with Crippen molar-refractivity contribution in [2.75, 3.05) is 7.11 Å². The third kappa shape index (κ3) is 4.13. The van der Waals surface area contributed by atoms with Gasteiger partial charge in [-0.15, -0.1) is 11.3 Å². The SMILES string of the molecule is CCC(C)(NC(=O)Cc1csc(-c2ccccc2Cl)n1)C(=O)OC. The molecule has 0 saturated carbocycles. The van der Waals surface area contributed by atoms with Gasteiger partial charge in [-0.3, -0.25) is 4.79 Å². The van der Waals surface area contributed by atoms with Gasteiger partial charge >= 0.3 is 5.97 Å². The summed E-state index contributed by atoms with van der Waals surface area (Å²) >= 11 is 7.59. The van der Waals surface area contributed by atoms with Gasteiger partial charge in [-0.05, 0) is 19.4 Å². The number of esters is 1. The number of hydrogen-bond donors (Lipinski definition) is 1. The van der Waals surface area contributed by atoms with Crippen molar-refractivity contribution in [1.82, 2.24) is 10.3 Å². The van der Waals surface area contributed by atoms with Crippen molar-refractivity contribution < 1.29 is 14.3 Å². The number of methoxy groups -OCH3 is 1. The molecule has 1 aromatic heterocycles. The number of nitrogens with zero attached hydrogens (tertiary/aromatic N) is 1. The molecule has 128 valence electrons. The van der Waals surface area contributed by atoms with E-state index in [2.05, 4.69) is 10.3 Å². The molecule has 7 heteroatoms. The number of hydrogen-bond acceptors (Lipinski definition) is 5. The van der Waals surface area contributed by atoms with Crippen molar-refractivity contribution in [3.8, 4) is 10.6 Å². The third-order valence-electron chi connectivity index (χ3n) is 3.76. The van der Waals surface area contributed by atoms with Gasteiger partial charge in [-0.1, -0.05) is 36.7 Å². The average Bonchev–Trinajstić information content (AvgIpc) is 3.02. The van der Waals surface area contributed by atoms with E-state index in [1.807, 2.05) is 30.5 Å². The second kappa shape index (κ2) is 7.77. The number of rotatable bonds is 6. The zero-order chi connectivity index (χ0) is 17.7. The number of halogens is 1. The first-order valence-electron chi connectivity index (χ1n) is 7.48. The normalized spacial score (nSPS) is 13.2. The van der Waals surface area contributed by atoms with E-state index in [0.717, 1.165) is 10.6 Å². The minimum Gasteiger partial charge on any atom is -0.467 e. The second-order valence-corrected chi connectivity index (χ2v) is 6.79. The molecule has 0 aliphatic carbocycles. The Morgan fingerprint density at radius 1 is 1.38 bits per heavy atom. The van der Waals surface area contributed by atoms with Gasteiger partial charge in [0.1, 0.15) is 10.5 Å². The largest absolute Gasteiger partial charge is 0.467 e. The highest BCUT2D eigenvalue weighted by atomic mass is 35.5. The maximum Gasteiger partial charge on any atom is 0.331 e. The highest BCUT2D eigenvalue weighted by Gasteiger charge is 2.34. The molecule has 1 aromatic carbocycles. The van der Waals surface area contributed by atoms with Crippen LogP contribution in [0.5, 0.6) is 0 Å². The quantitative estimate of drug-likeness (QED) is 0.795. The van der Waals surface area contributed by atoms with Gasteiger partial charge in [0.05, 0.1) is 24.2 Å². The molecule has 0 bridgehead atoms. The Kier molecular flexibility index (Phi) is 5.96. The molecule has 1 heterocycles. The van der Waals surface area contributed by atoms with Gasteiger partial charge < -0.3 is 10.1 Å². The fourth-order valence-corrected chi connectivity index (χ4v) is 3.31. The Morgan fingerprint density at radius 3 is 2.71 bits per heavy atom. The van der Waals surface area contributed by atoms with Crippen LogP contribution in [-0.4, -0.2) is 29.5 Å². The molecule has 0 fully saturated rings. The van der Waals surface area contributed by atoms with E-state index in [9.17, 15) is 9.59 Å². The van der Waals surface area contributed by atoms with Crippen LogP contribution < -0.4 is 5.32 Å². The summed E-state index contributed by atoms with van der Waals surface area (Å²) in [7, 11) is 1.30. The molecular weight excluding hydrogens is 348 g/mol. The lowest BCUT2D eigenvalue weighted by Crippen LogP contribution is -2.52. The van der Waals surface area contributed by atoms with E-state index in [0.29, 0.717) is 17.1 Å². The van der Waals surface area contributed by atoms with E-state index in [4.69, 9.17) is 16.3 Å². The number of carbonyl (C=O) groups is 2. The van der Waals surface area contributed by atoms with Gasteiger partial charge in [0, 0.05) is 10.9 Å². The molecule has 1 atom stereocenters. The van der Waals surface area contributed by atoms with E-state index >= 15 is 0 Å². The van der Waals surface area contributed by atoms with Crippen molar-refractivity contribution in [3.05, 3.63) is 40.4 Å². The molecule has 0 saturated heterocycles. The van der Waals surface area contributed by atoms with Crippen molar-refractivity contribution >= 4 is 34.8 Å². The summed E-state index contributed by atoms with van der Waals surface area (Å²) in [6, 6.07) is 7.42. The molecule has 0 aliphatic rings. The standard InChI is InChI=1S/C17H19ClN2O3S/c1-4-17(2,16(22)23-3)20-14(21)9-11-10-24-15(19-11)12-7-5-6-8-13(12)18/h5-8,10H,4,9H2,1-3H3,(H,20,21). The molecular formula is C17H19ClN2O3S. The lowest BCUT2D eigenvalue weighted by Gasteiger charge is -2.26. The van der Waals surface area contributed by atoms with Crippen LogP contribution in [0, 0.1) is 0 Å². The van der Waals surface area contributed by atoms with Crippen LogP contribution >= 0.6 is 22.9 Å². The minimum absolute atomic E-state index is 0.0908. The first-order chi connectivity index (χ1) is 11.4. The average molecular weight is 367 g/mol. The number of amides is 1. The van der Waals surface area contributed by atoms with Crippen LogP contribution in [0.4, 0.5) is 0 Å². The van der Waals surface area contributed by atoms with Gasteiger partial charge in [-0.25, -0.2) is 9.78 Å².